The molecule has 0 saturated carbocycles. The minimum atomic E-state index is -3.65. The Morgan fingerprint density at radius 3 is 2.57 bits per heavy atom. The molecule has 0 unspecified atom stereocenters. The highest BCUT2D eigenvalue weighted by Crippen LogP contribution is 2.30. The fourth-order valence-electron chi connectivity index (χ4n) is 4.12. The van der Waals surface area contributed by atoms with Crippen LogP contribution in [-0.2, 0) is 21.2 Å². The van der Waals surface area contributed by atoms with Crippen LogP contribution in [0, 0.1) is 0 Å². The molecule has 2 heterocycles. The number of benzene rings is 2. The molecule has 8 heteroatoms. The summed E-state index contributed by atoms with van der Waals surface area (Å²) in [5.74, 6) is -0.0439. The average Bonchev–Trinajstić information content (AvgIpc) is 2.78. The molecule has 0 bridgehead atoms. The molecule has 2 aromatic rings. The van der Waals surface area contributed by atoms with Crippen LogP contribution in [0.4, 0.5) is 11.4 Å². The van der Waals surface area contributed by atoms with Gasteiger partial charge in [0, 0.05) is 31.0 Å². The average molecular weight is 448 g/mol. The second kappa shape index (κ2) is 8.96. The molecule has 160 valence electrons. The van der Waals surface area contributed by atoms with Crippen molar-refractivity contribution in [1.82, 2.24) is 4.31 Å². The van der Waals surface area contributed by atoms with Crippen molar-refractivity contribution in [2.24, 2.45) is 0 Å². The summed E-state index contributed by atoms with van der Waals surface area (Å²) in [6, 6.07) is 12.8. The number of anilines is 2. The molecule has 0 aliphatic carbocycles. The first kappa shape index (κ1) is 21.2. The predicted octanol–water partition coefficient (Wildman–Crippen LogP) is 3.91. The third-order valence-corrected chi connectivity index (χ3v) is 8.10. The molecule has 2 aliphatic rings. The van der Waals surface area contributed by atoms with Gasteiger partial charge < -0.3 is 10.2 Å². The standard InChI is InChI=1S/C22H26ClN3O3S/c23-19-11-10-18(15-21(19)30(28,29)25-12-4-1-5-13-25)24-16-22(27)26-14-6-8-17-7-2-3-9-20(17)26/h2-3,7,9-11,15,24H,1,4-6,8,12-14,16H2. The van der Waals surface area contributed by atoms with Gasteiger partial charge in [0.05, 0.1) is 11.6 Å². The van der Waals surface area contributed by atoms with Crippen molar-refractivity contribution in [2.75, 3.05) is 36.4 Å². The zero-order chi connectivity index (χ0) is 21.1. The third-order valence-electron chi connectivity index (χ3n) is 5.72. The number of aryl methyl sites for hydroxylation is 1. The van der Waals surface area contributed by atoms with E-state index in [4.69, 9.17) is 11.6 Å². The lowest BCUT2D eigenvalue weighted by molar-refractivity contribution is -0.117. The molecular weight excluding hydrogens is 422 g/mol. The van der Waals surface area contributed by atoms with Crippen LogP contribution in [0.2, 0.25) is 5.02 Å². The fourth-order valence-corrected chi connectivity index (χ4v) is 6.14. The minimum Gasteiger partial charge on any atom is -0.376 e. The number of sulfonamides is 1. The SMILES string of the molecule is O=C(CNc1ccc(Cl)c(S(=O)(=O)N2CCCCC2)c1)N1CCCc2ccccc21. The number of carbonyl (C=O) groups is 1. The van der Waals surface area contributed by atoms with E-state index in [0.29, 0.717) is 25.3 Å². The topological polar surface area (TPSA) is 69.7 Å². The van der Waals surface area contributed by atoms with E-state index in [1.54, 1.807) is 17.0 Å². The number of halogens is 1. The highest BCUT2D eigenvalue weighted by Gasteiger charge is 2.28. The van der Waals surface area contributed by atoms with Crippen LogP contribution >= 0.6 is 11.6 Å². The summed E-state index contributed by atoms with van der Waals surface area (Å²) in [4.78, 5) is 14.7. The number of hydrogen-bond donors (Lipinski definition) is 1. The van der Waals surface area contributed by atoms with Crippen molar-refractivity contribution in [2.45, 2.75) is 37.0 Å². The van der Waals surface area contributed by atoms with Gasteiger partial charge in [0.15, 0.2) is 0 Å². The van der Waals surface area contributed by atoms with Crippen LogP contribution in [0.1, 0.15) is 31.2 Å². The molecule has 0 spiro atoms. The van der Waals surface area contributed by atoms with Crippen molar-refractivity contribution >= 4 is 38.9 Å². The number of para-hydroxylation sites is 1. The van der Waals surface area contributed by atoms with Crippen molar-refractivity contribution < 1.29 is 13.2 Å². The van der Waals surface area contributed by atoms with Crippen LogP contribution in [0.15, 0.2) is 47.4 Å². The Kier molecular flexibility index (Phi) is 6.32. The monoisotopic (exact) mass is 447 g/mol. The Labute approximate surface area is 182 Å². The van der Waals surface area contributed by atoms with Gasteiger partial charge in [-0.1, -0.05) is 36.2 Å². The van der Waals surface area contributed by atoms with E-state index in [0.717, 1.165) is 37.8 Å². The van der Waals surface area contributed by atoms with Crippen LogP contribution in [0.3, 0.4) is 0 Å². The maximum atomic E-state index is 13.0. The van der Waals surface area contributed by atoms with E-state index < -0.39 is 10.0 Å². The Hall–Kier alpha value is -2.09. The summed E-state index contributed by atoms with van der Waals surface area (Å²) in [6.45, 7) is 1.80. The molecule has 30 heavy (non-hydrogen) atoms. The molecule has 2 aromatic carbocycles. The predicted molar refractivity (Wildman–Crippen MR) is 120 cm³/mol. The van der Waals surface area contributed by atoms with E-state index in [-0.39, 0.29) is 22.4 Å². The quantitative estimate of drug-likeness (QED) is 0.754. The van der Waals surface area contributed by atoms with E-state index in [9.17, 15) is 13.2 Å². The number of nitrogens with zero attached hydrogens (tertiary/aromatic N) is 2. The zero-order valence-corrected chi connectivity index (χ0v) is 18.4. The number of nitrogens with one attached hydrogen (secondary N) is 1. The summed E-state index contributed by atoms with van der Waals surface area (Å²) < 4.78 is 27.5. The lowest BCUT2D eigenvalue weighted by atomic mass is 10.0. The van der Waals surface area contributed by atoms with Crippen LogP contribution in [0.5, 0.6) is 0 Å². The minimum absolute atomic E-state index is 0.0439. The summed E-state index contributed by atoms with van der Waals surface area (Å²) in [5, 5.41) is 3.28. The third kappa shape index (κ3) is 4.33. The highest BCUT2D eigenvalue weighted by atomic mass is 35.5. The second-order valence-corrected chi connectivity index (χ2v) is 10.1. The summed E-state index contributed by atoms with van der Waals surface area (Å²) in [5.41, 5.74) is 2.70. The Bertz CT molecular complexity index is 1040. The lowest BCUT2D eigenvalue weighted by Gasteiger charge is -2.29. The molecule has 1 N–H and O–H groups in total. The first-order valence-electron chi connectivity index (χ1n) is 10.4. The number of hydrogen-bond acceptors (Lipinski definition) is 4. The summed E-state index contributed by atoms with van der Waals surface area (Å²) in [7, 11) is -3.65. The highest BCUT2D eigenvalue weighted by molar-refractivity contribution is 7.89. The number of amides is 1. The molecule has 1 amide bonds. The molecule has 0 radical (unpaired) electrons. The summed E-state index contributed by atoms with van der Waals surface area (Å²) in [6.07, 6.45) is 4.68. The second-order valence-electron chi connectivity index (χ2n) is 7.74. The van der Waals surface area contributed by atoms with Gasteiger partial charge in [0.1, 0.15) is 4.90 Å². The Morgan fingerprint density at radius 1 is 1.00 bits per heavy atom. The fraction of sp³-hybridized carbons (Fsp3) is 0.409. The van der Waals surface area contributed by atoms with Crippen molar-refractivity contribution in [3.05, 3.63) is 53.1 Å². The van der Waals surface area contributed by atoms with Gasteiger partial charge in [0.25, 0.3) is 0 Å². The molecular formula is C22H26ClN3O3S. The van der Waals surface area contributed by atoms with Gasteiger partial charge in [-0.3, -0.25) is 4.79 Å². The molecule has 2 aliphatic heterocycles. The van der Waals surface area contributed by atoms with Crippen LogP contribution in [0.25, 0.3) is 0 Å². The van der Waals surface area contributed by atoms with Crippen LogP contribution in [-0.4, -0.2) is 44.8 Å². The van der Waals surface area contributed by atoms with Crippen molar-refractivity contribution in [1.29, 1.82) is 0 Å². The van der Waals surface area contributed by atoms with Crippen molar-refractivity contribution in [3.8, 4) is 0 Å². The first-order chi connectivity index (χ1) is 14.5. The van der Waals surface area contributed by atoms with Gasteiger partial charge >= 0.3 is 0 Å². The molecule has 0 aromatic heterocycles. The molecule has 1 fully saturated rings. The number of rotatable bonds is 5. The maximum absolute atomic E-state index is 13.0. The van der Waals surface area contributed by atoms with E-state index in [1.165, 1.54) is 15.9 Å². The normalized spacial score (nSPS) is 17.4. The van der Waals surface area contributed by atoms with Gasteiger partial charge in [0.2, 0.25) is 15.9 Å². The van der Waals surface area contributed by atoms with E-state index in [1.807, 2.05) is 18.2 Å². The molecule has 0 atom stereocenters. The van der Waals surface area contributed by atoms with Gasteiger partial charge in [-0.15, -0.1) is 0 Å². The summed E-state index contributed by atoms with van der Waals surface area (Å²) >= 11 is 6.23. The first-order valence-corrected chi connectivity index (χ1v) is 12.2. The molecule has 6 nitrogen and oxygen atoms in total. The zero-order valence-electron chi connectivity index (χ0n) is 16.8. The number of carbonyl (C=O) groups excluding carboxylic acids is 1. The Balaban J connectivity index is 1.48. The number of fused-ring (bicyclic) bond motifs is 1. The van der Waals surface area contributed by atoms with Crippen molar-refractivity contribution in [3.63, 3.8) is 0 Å². The van der Waals surface area contributed by atoms with Crippen LogP contribution < -0.4 is 10.2 Å². The molecule has 4 rings (SSSR count). The Morgan fingerprint density at radius 2 is 1.77 bits per heavy atom. The van der Waals surface area contributed by atoms with Gasteiger partial charge in [-0.05, 0) is 55.5 Å². The van der Waals surface area contributed by atoms with Gasteiger partial charge in [-0.2, -0.15) is 4.31 Å². The van der Waals surface area contributed by atoms with E-state index in [2.05, 4.69) is 11.4 Å². The van der Waals surface area contributed by atoms with E-state index >= 15 is 0 Å². The number of piperidine rings is 1. The van der Waals surface area contributed by atoms with Gasteiger partial charge in [-0.25, -0.2) is 8.42 Å². The largest absolute Gasteiger partial charge is 0.376 e. The lowest BCUT2D eigenvalue weighted by Crippen LogP contribution is -2.39. The smallest absolute Gasteiger partial charge is 0.246 e. The maximum Gasteiger partial charge on any atom is 0.246 e. The molecule has 1 saturated heterocycles.